The molecular formula is C26H30N2O6. The van der Waals surface area contributed by atoms with E-state index in [-0.39, 0.29) is 43.9 Å². The molecule has 1 fully saturated rings. The lowest BCUT2D eigenvalue weighted by Gasteiger charge is -2.23. The molecule has 0 radical (unpaired) electrons. The second kappa shape index (κ2) is 9.46. The largest absolute Gasteiger partial charge is 0.481 e. The predicted octanol–water partition coefficient (Wildman–Crippen LogP) is 2.85. The van der Waals surface area contributed by atoms with Crippen LogP contribution in [0.2, 0.25) is 0 Å². The maximum Gasteiger partial charge on any atom is 0.407 e. The first-order valence-electron chi connectivity index (χ1n) is 11.5. The van der Waals surface area contributed by atoms with Crippen LogP contribution in [0.3, 0.4) is 0 Å². The third-order valence-electron chi connectivity index (χ3n) is 7.18. The molecule has 1 aliphatic carbocycles. The minimum Gasteiger partial charge on any atom is -0.481 e. The molecule has 3 atom stereocenters. The molecule has 0 aromatic heterocycles. The number of carboxylic acid groups (broad SMARTS) is 1. The Bertz CT molecular complexity index is 1060. The van der Waals surface area contributed by atoms with Crippen LogP contribution in [-0.2, 0) is 14.3 Å². The van der Waals surface area contributed by atoms with Crippen molar-refractivity contribution in [3.05, 3.63) is 59.7 Å². The van der Waals surface area contributed by atoms with Crippen LogP contribution in [0.25, 0.3) is 11.1 Å². The monoisotopic (exact) mass is 466 g/mol. The Balaban J connectivity index is 1.26. The average molecular weight is 467 g/mol. The summed E-state index contributed by atoms with van der Waals surface area (Å²) < 4.78 is 5.44. The van der Waals surface area contributed by atoms with Crippen molar-refractivity contribution in [2.24, 2.45) is 11.3 Å². The minimum absolute atomic E-state index is 0.0645. The van der Waals surface area contributed by atoms with E-state index in [9.17, 15) is 24.6 Å². The number of nitrogens with one attached hydrogen (secondary N) is 1. The Kier molecular flexibility index (Phi) is 6.61. The molecule has 34 heavy (non-hydrogen) atoms. The summed E-state index contributed by atoms with van der Waals surface area (Å²) in [4.78, 5) is 37.8. The van der Waals surface area contributed by atoms with Crippen molar-refractivity contribution in [1.82, 2.24) is 10.2 Å². The lowest BCUT2D eigenvalue weighted by atomic mass is 9.81. The minimum atomic E-state index is -1.10. The number of carbonyl (C=O) groups excluding carboxylic acids is 2. The molecule has 2 aliphatic rings. The van der Waals surface area contributed by atoms with Gasteiger partial charge in [0.15, 0.2) is 0 Å². The lowest BCUT2D eigenvalue weighted by Crippen LogP contribution is -2.39. The number of hydrogen-bond donors (Lipinski definition) is 3. The van der Waals surface area contributed by atoms with Crippen LogP contribution in [0.5, 0.6) is 0 Å². The van der Waals surface area contributed by atoms with Crippen molar-refractivity contribution in [2.75, 3.05) is 26.2 Å². The van der Waals surface area contributed by atoms with Gasteiger partial charge in [-0.05, 0) is 35.1 Å². The van der Waals surface area contributed by atoms with Crippen molar-refractivity contribution >= 4 is 18.0 Å². The number of aliphatic hydroxyl groups excluding tert-OH is 1. The first-order valence-corrected chi connectivity index (χ1v) is 11.5. The molecule has 1 aliphatic heterocycles. The van der Waals surface area contributed by atoms with E-state index in [1.165, 1.54) is 4.90 Å². The molecule has 0 bridgehead atoms. The quantitative estimate of drug-likeness (QED) is 0.578. The molecule has 1 heterocycles. The topological polar surface area (TPSA) is 116 Å². The van der Waals surface area contributed by atoms with Gasteiger partial charge in [-0.25, -0.2) is 4.79 Å². The zero-order valence-corrected chi connectivity index (χ0v) is 19.4. The normalized spacial score (nSPS) is 22.1. The van der Waals surface area contributed by atoms with Gasteiger partial charge in [-0.3, -0.25) is 9.59 Å². The van der Waals surface area contributed by atoms with Crippen LogP contribution < -0.4 is 5.32 Å². The van der Waals surface area contributed by atoms with Crippen molar-refractivity contribution in [1.29, 1.82) is 0 Å². The number of likely N-dealkylation sites (tertiary alicyclic amines) is 1. The number of amides is 2. The third kappa shape index (κ3) is 4.50. The van der Waals surface area contributed by atoms with Gasteiger partial charge in [0, 0.05) is 25.6 Å². The third-order valence-corrected chi connectivity index (χ3v) is 7.18. The van der Waals surface area contributed by atoms with E-state index in [2.05, 4.69) is 17.4 Å². The number of nitrogens with zero attached hydrogens (tertiary/aromatic N) is 1. The Hall–Kier alpha value is -3.39. The standard InChI is InChI=1S/C26H30N2O6/c1-16-13-28(15-26(16,2)24(31)32)23(30)11-17(29)12-27-25(33)34-14-22-20-9-5-3-7-18(20)19-8-4-6-10-21(19)22/h3-10,16-17,22,29H,11-15H2,1-2H3,(H,27,33)(H,31,32)/t16-,17?,26-/m0/s1. The van der Waals surface area contributed by atoms with Gasteiger partial charge in [-0.1, -0.05) is 55.5 Å². The van der Waals surface area contributed by atoms with Gasteiger partial charge in [-0.2, -0.15) is 0 Å². The molecular weight excluding hydrogens is 436 g/mol. The second-order valence-corrected chi connectivity index (χ2v) is 9.46. The summed E-state index contributed by atoms with van der Waals surface area (Å²) >= 11 is 0. The smallest absolute Gasteiger partial charge is 0.407 e. The molecule has 1 unspecified atom stereocenters. The maximum absolute atomic E-state index is 12.5. The molecule has 2 aromatic rings. The van der Waals surface area contributed by atoms with E-state index in [1.807, 2.05) is 36.4 Å². The summed E-state index contributed by atoms with van der Waals surface area (Å²) in [5.74, 6) is -1.53. The molecule has 0 spiro atoms. The van der Waals surface area contributed by atoms with Crippen LogP contribution in [-0.4, -0.2) is 65.4 Å². The SMILES string of the molecule is C[C@H]1CN(C(=O)CC(O)CNC(=O)OCC2c3ccccc3-c3ccccc32)C[C@]1(C)C(=O)O. The van der Waals surface area contributed by atoms with Crippen molar-refractivity contribution < 1.29 is 29.3 Å². The van der Waals surface area contributed by atoms with Gasteiger partial charge in [0.25, 0.3) is 0 Å². The number of rotatable bonds is 7. The number of fused-ring (bicyclic) bond motifs is 3. The zero-order chi connectivity index (χ0) is 24.5. The summed E-state index contributed by atoms with van der Waals surface area (Å²) in [5.41, 5.74) is 3.48. The number of aliphatic carboxylic acids is 1. The first-order chi connectivity index (χ1) is 16.2. The number of carboxylic acids is 1. The highest BCUT2D eigenvalue weighted by Crippen LogP contribution is 2.44. The molecule has 8 heteroatoms. The fourth-order valence-corrected chi connectivity index (χ4v) is 4.87. The van der Waals surface area contributed by atoms with Crippen LogP contribution in [0.4, 0.5) is 4.79 Å². The Morgan fingerprint density at radius 3 is 2.26 bits per heavy atom. The van der Waals surface area contributed by atoms with E-state index in [4.69, 9.17) is 4.74 Å². The Morgan fingerprint density at radius 2 is 1.71 bits per heavy atom. The van der Waals surface area contributed by atoms with Crippen LogP contribution >= 0.6 is 0 Å². The molecule has 0 saturated carbocycles. The Labute approximate surface area is 198 Å². The molecule has 2 aromatic carbocycles. The van der Waals surface area contributed by atoms with Crippen molar-refractivity contribution in [3.8, 4) is 11.1 Å². The highest BCUT2D eigenvalue weighted by Gasteiger charge is 2.47. The summed E-state index contributed by atoms with van der Waals surface area (Å²) in [6, 6.07) is 16.1. The van der Waals surface area contributed by atoms with Crippen LogP contribution in [0.1, 0.15) is 37.3 Å². The zero-order valence-electron chi connectivity index (χ0n) is 19.4. The number of hydrogen-bond acceptors (Lipinski definition) is 5. The molecule has 2 amide bonds. The van der Waals surface area contributed by atoms with Gasteiger partial charge >= 0.3 is 12.1 Å². The van der Waals surface area contributed by atoms with Gasteiger partial charge in [0.05, 0.1) is 17.9 Å². The van der Waals surface area contributed by atoms with E-state index in [0.717, 1.165) is 22.3 Å². The first kappa shape index (κ1) is 23.8. The molecule has 180 valence electrons. The van der Waals surface area contributed by atoms with E-state index < -0.39 is 23.6 Å². The number of alkyl carbamates (subject to hydrolysis) is 1. The van der Waals surface area contributed by atoms with Gasteiger partial charge in [0.2, 0.25) is 5.91 Å². The van der Waals surface area contributed by atoms with Gasteiger partial charge in [0.1, 0.15) is 6.61 Å². The second-order valence-electron chi connectivity index (χ2n) is 9.46. The van der Waals surface area contributed by atoms with Crippen molar-refractivity contribution in [3.63, 3.8) is 0 Å². The molecule has 1 saturated heterocycles. The highest BCUT2D eigenvalue weighted by molar-refractivity contribution is 5.81. The van der Waals surface area contributed by atoms with Crippen LogP contribution in [0, 0.1) is 11.3 Å². The lowest BCUT2D eigenvalue weighted by molar-refractivity contribution is -0.149. The molecule has 8 nitrogen and oxygen atoms in total. The van der Waals surface area contributed by atoms with E-state index >= 15 is 0 Å². The Morgan fingerprint density at radius 1 is 1.12 bits per heavy atom. The summed E-state index contributed by atoms with van der Waals surface area (Å²) in [6.45, 7) is 3.89. The maximum atomic E-state index is 12.5. The fraction of sp³-hybridized carbons (Fsp3) is 0.423. The van der Waals surface area contributed by atoms with Crippen molar-refractivity contribution in [2.45, 2.75) is 32.3 Å². The van der Waals surface area contributed by atoms with E-state index in [0.29, 0.717) is 6.54 Å². The van der Waals surface area contributed by atoms with Gasteiger partial charge < -0.3 is 25.2 Å². The number of carbonyl (C=O) groups is 3. The fourth-order valence-electron chi connectivity index (χ4n) is 4.87. The van der Waals surface area contributed by atoms with Crippen LogP contribution in [0.15, 0.2) is 48.5 Å². The number of ether oxygens (including phenoxy) is 1. The highest BCUT2D eigenvalue weighted by atomic mass is 16.5. The molecule has 4 rings (SSSR count). The summed E-state index contributed by atoms with van der Waals surface area (Å²) in [7, 11) is 0. The average Bonchev–Trinajstić information content (AvgIpc) is 3.31. The van der Waals surface area contributed by atoms with E-state index in [1.54, 1.807) is 13.8 Å². The number of benzene rings is 2. The van der Waals surface area contributed by atoms with Gasteiger partial charge in [-0.15, -0.1) is 0 Å². The predicted molar refractivity (Wildman–Crippen MR) is 125 cm³/mol. The summed E-state index contributed by atoms with van der Waals surface area (Å²) in [5, 5.41) is 22.2. The summed E-state index contributed by atoms with van der Waals surface area (Å²) in [6.07, 6.45) is -1.96. The molecule has 3 N–H and O–H groups in total. The number of aliphatic hydroxyl groups is 1.